The third-order valence-corrected chi connectivity index (χ3v) is 6.03. The fourth-order valence-electron chi connectivity index (χ4n) is 4.70. The molecular weight excluding hydrogens is 332 g/mol. The molecular formula is C20H24N2O4. The molecule has 0 aromatic heterocycles. The van der Waals surface area contributed by atoms with E-state index >= 15 is 0 Å². The molecule has 0 unspecified atom stereocenters. The lowest BCUT2D eigenvalue weighted by Crippen LogP contribution is -2.39. The largest absolute Gasteiger partial charge is 0.508 e. The van der Waals surface area contributed by atoms with E-state index in [4.69, 9.17) is 0 Å². The first-order valence-corrected chi connectivity index (χ1v) is 9.49. The van der Waals surface area contributed by atoms with Gasteiger partial charge in [-0.05, 0) is 42.9 Å². The second-order valence-corrected chi connectivity index (χ2v) is 7.66. The SMILES string of the molecule is O=C(CCN1C(=O)[C@@H]2CCCC[C@H]2C1=O)N[C@H]1Cc2cccc(O)c2C1. The molecule has 6 nitrogen and oxygen atoms in total. The quantitative estimate of drug-likeness (QED) is 0.801. The summed E-state index contributed by atoms with van der Waals surface area (Å²) in [5.74, 6) is -0.387. The second-order valence-electron chi connectivity index (χ2n) is 7.66. The van der Waals surface area contributed by atoms with E-state index in [0.717, 1.165) is 36.8 Å². The Kier molecular flexibility index (Phi) is 4.42. The van der Waals surface area contributed by atoms with Gasteiger partial charge in [-0.3, -0.25) is 19.3 Å². The number of carbonyl (C=O) groups is 3. The minimum Gasteiger partial charge on any atom is -0.508 e. The number of fused-ring (bicyclic) bond motifs is 2. The highest BCUT2D eigenvalue weighted by Crippen LogP contribution is 2.38. The second kappa shape index (κ2) is 6.74. The van der Waals surface area contributed by atoms with E-state index in [1.54, 1.807) is 6.07 Å². The summed E-state index contributed by atoms with van der Waals surface area (Å²) >= 11 is 0. The van der Waals surface area contributed by atoms with Crippen LogP contribution in [-0.2, 0) is 27.2 Å². The standard InChI is InChI=1S/C20H24N2O4/c23-17-7-3-4-12-10-13(11-16(12)17)21-18(24)8-9-22-19(25)14-5-1-2-6-15(14)20(22)26/h3-4,7,13-15,23H,1-2,5-6,8-11H2,(H,21,24)/t13-,14+,15+/m0/s1. The molecule has 26 heavy (non-hydrogen) atoms. The molecule has 6 heteroatoms. The van der Waals surface area contributed by atoms with Crippen LogP contribution in [0.15, 0.2) is 18.2 Å². The van der Waals surface area contributed by atoms with Gasteiger partial charge in [0.1, 0.15) is 5.75 Å². The lowest BCUT2D eigenvalue weighted by Gasteiger charge is -2.19. The molecule has 3 aliphatic rings. The van der Waals surface area contributed by atoms with Gasteiger partial charge in [-0.15, -0.1) is 0 Å². The molecule has 1 aromatic carbocycles. The number of aromatic hydroxyl groups is 1. The Bertz CT molecular complexity index is 736. The number of benzene rings is 1. The van der Waals surface area contributed by atoms with Crippen LogP contribution in [0.25, 0.3) is 0 Å². The number of phenols is 1. The number of imide groups is 1. The Morgan fingerprint density at radius 3 is 2.46 bits per heavy atom. The third-order valence-electron chi connectivity index (χ3n) is 6.03. The number of nitrogens with zero attached hydrogens (tertiary/aromatic N) is 1. The van der Waals surface area contributed by atoms with Crippen molar-refractivity contribution in [3.63, 3.8) is 0 Å². The van der Waals surface area contributed by atoms with Gasteiger partial charge in [0, 0.05) is 19.0 Å². The van der Waals surface area contributed by atoms with Gasteiger partial charge in [0.05, 0.1) is 11.8 Å². The topological polar surface area (TPSA) is 86.7 Å². The van der Waals surface area contributed by atoms with Gasteiger partial charge < -0.3 is 10.4 Å². The minimum absolute atomic E-state index is 0.0432. The zero-order chi connectivity index (χ0) is 18.3. The van der Waals surface area contributed by atoms with Crippen LogP contribution in [-0.4, -0.2) is 40.3 Å². The van der Waals surface area contributed by atoms with Crippen LogP contribution in [0.2, 0.25) is 0 Å². The van der Waals surface area contributed by atoms with Crippen LogP contribution in [0.4, 0.5) is 0 Å². The summed E-state index contributed by atoms with van der Waals surface area (Å²) in [4.78, 5) is 38.5. The minimum atomic E-state index is -0.161. The Morgan fingerprint density at radius 2 is 1.81 bits per heavy atom. The Morgan fingerprint density at radius 1 is 1.12 bits per heavy atom. The van der Waals surface area contributed by atoms with Crippen molar-refractivity contribution in [1.29, 1.82) is 0 Å². The first kappa shape index (κ1) is 17.1. The van der Waals surface area contributed by atoms with E-state index in [1.165, 1.54) is 4.90 Å². The first-order valence-electron chi connectivity index (χ1n) is 9.49. The van der Waals surface area contributed by atoms with Gasteiger partial charge in [0.2, 0.25) is 17.7 Å². The fourth-order valence-corrected chi connectivity index (χ4v) is 4.70. The predicted molar refractivity (Wildman–Crippen MR) is 94.2 cm³/mol. The Balaban J connectivity index is 1.30. The highest BCUT2D eigenvalue weighted by atomic mass is 16.3. The summed E-state index contributed by atoms with van der Waals surface area (Å²) in [6, 6.07) is 5.39. The molecule has 1 heterocycles. The normalized spacial score (nSPS) is 27.4. The van der Waals surface area contributed by atoms with Gasteiger partial charge in [0.25, 0.3) is 0 Å². The van der Waals surface area contributed by atoms with Crippen molar-refractivity contribution in [3.8, 4) is 5.75 Å². The Hall–Kier alpha value is -2.37. The number of hydrogen-bond acceptors (Lipinski definition) is 4. The van der Waals surface area contributed by atoms with Crippen molar-refractivity contribution in [2.45, 2.75) is 51.0 Å². The zero-order valence-corrected chi connectivity index (χ0v) is 14.7. The fraction of sp³-hybridized carbons (Fsp3) is 0.550. The van der Waals surface area contributed by atoms with E-state index in [0.29, 0.717) is 12.8 Å². The van der Waals surface area contributed by atoms with Crippen molar-refractivity contribution in [1.82, 2.24) is 10.2 Å². The van der Waals surface area contributed by atoms with E-state index in [-0.39, 0.29) is 54.3 Å². The van der Waals surface area contributed by atoms with Crippen molar-refractivity contribution in [2.24, 2.45) is 11.8 Å². The van der Waals surface area contributed by atoms with E-state index in [2.05, 4.69) is 5.32 Å². The number of likely N-dealkylation sites (tertiary alicyclic amines) is 1. The average molecular weight is 356 g/mol. The van der Waals surface area contributed by atoms with Gasteiger partial charge >= 0.3 is 0 Å². The molecule has 1 aromatic rings. The molecule has 2 N–H and O–H groups in total. The maximum Gasteiger partial charge on any atom is 0.233 e. The first-order chi connectivity index (χ1) is 12.5. The summed E-state index contributed by atoms with van der Waals surface area (Å²) < 4.78 is 0. The summed E-state index contributed by atoms with van der Waals surface area (Å²) in [6.45, 7) is 0.168. The molecule has 0 spiro atoms. The van der Waals surface area contributed by atoms with E-state index in [9.17, 15) is 19.5 Å². The lowest BCUT2D eigenvalue weighted by atomic mass is 9.81. The Labute approximate surface area is 152 Å². The number of nitrogens with one attached hydrogen (secondary N) is 1. The van der Waals surface area contributed by atoms with Crippen LogP contribution in [0, 0.1) is 11.8 Å². The summed E-state index contributed by atoms with van der Waals surface area (Å²) in [5, 5.41) is 12.9. The lowest BCUT2D eigenvalue weighted by molar-refractivity contribution is -0.140. The number of rotatable bonds is 4. The molecule has 4 rings (SSSR count). The average Bonchev–Trinajstić information content (AvgIpc) is 3.14. The number of amides is 3. The van der Waals surface area contributed by atoms with Crippen LogP contribution in [0.1, 0.15) is 43.2 Å². The molecule has 2 aliphatic carbocycles. The van der Waals surface area contributed by atoms with Crippen LogP contribution in [0.3, 0.4) is 0 Å². The molecule has 1 saturated carbocycles. The molecule has 1 saturated heterocycles. The monoisotopic (exact) mass is 356 g/mol. The molecule has 3 atom stereocenters. The smallest absolute Gasteiger partial charge is 0.233 e. The molecule has 0 radical (unpaired) electrons. The summed E-state index contributed by atoms with van der Waals surface area (Å²) in [6.07, 6.45) is 5.03. The molecule has 3 amide bonds. The maximum absolute atomic E-state index is 12.4. The number of phenolic OH excluding ortho intramolecular Hbond substituents is 1. The van der Waals surface area contributed by atoms with Gasteiger partial charge in [-0.1, -0.05) is 25.0 Å². The van der Waals surface area contributed by atoms with E-state index < -0.39 is 0 Å². The molecule has 1 aliphatic heterocycles. The molecule has 2 fully saturated rings. The van der Waals surface area contributed by atoms with Crippen LogP contribution >= 0.6 is 0 Å². The van der Waals surface area contributed by atoms with Crippen LogP contribution in [0.5, 0.6) is 5.75 Å². The predicted octanol–water partition coefficient (Wildman–Crippen LogP) is 1.54. The summed E-state index contributed by atoms with van der Waals surface area (Å²) in [5.41, 5.74) is 1.95. The highest BCUT2D eigenvalue weighted by Gasteiger charge is 2.47. The van der Waals surface area contributed by atoms with Crippen molar-refractivity contribution in [3.05, 3.63) is 29.3 Å². The van der Waals surface area contributed by atoms with Crippen LogP contribution < -0.4 is 5.32 Å². The van der Waals surface area contributed by atoms with Gasteiger partial charge in [0.15, 0.2) is 0 Å². The van der Waals surface area contributed by atoms with E-state index in [1.807, 2.05) is 12.1 Å². The van der Waals surface area contributed by atoms with Crippen molar-refractivity contribution in [2.75, 3.05) is 6.54 Å². The maximum atomic E-state index is 12.4. The van der Waals surface area contributed by atoms with Crippen molar-refractivity contribution < 1.29 is 19.5 Å². The molecule has 138 valence electrons. The van der Waals surface area contributed by atoms with Gasteiger partial charge in [-0.2, -0.15) is 0 Å². The number of hydrogen-bond donors (Lipinski definition) is 2. The van der Waals surface area contributed by atoms with Crippen molar-refractivity contribution >= 4 is 17.7 Å². The van der Waals surface area contributed by atoms with Gasteiger partial charge in [-0.25, -0.2) is 0 Å². The third kappa shape index (κ3) is 2.97. The highest BCUT2D eigenvalue weighted by molar-refractivity contribution is 6.05. The zero-order valence-electron chi connectivity index (χ0n) is 14.7. The number of carbonyl (C=O) groups excluding carboxylic acids is 3. The summed E-state index contributed by atoms with van der Waals surface area (Å²) in [7, 11) is 0. The molecule has 0 bridgehead atoms.